The molecule has 0 saturated heterocycles. The summed E-state index contributed by atoms with van der Waals surface area (Å²) in [7, 11) is 3.07. The van der Waals surface area contributed by atoms with Crippen LogP contribution in [0.15, 0.2) is 53.3 Å². The van der Waals surface area contributed by atoms with Crippen LogP contribution < -0.4 is 24.2 Å². The van der Waals surface area contributed by atoms with E-state index < -0.39 is 0 Å². The maximum Gasteiger partial charge on any atom is 0.273 e. The number of ether oxygens (including phenoxy) is 2. The largest absolute Gasteiger partial charge is 0.497 e. The minimum Gasteiger partial charge on any atom is -0.497 e. The zero-order valence-corrected chi connectivity index (χ0v) is 16.0. The van der Waals surface area contributed by atoms with Crippen molar-refractivity contribution in [1.29, 1.82) is 10.5 Å². The zero-order valence-electron chi connectivity index (χ0n) is 15.2. The third-order valence-electron chi connectivity index (χ3n) is 3.98. The standard InChI is InChI=1S/C21H15N3O3S/c1-26-16-7-5-6-14(10-16)11-19-20(25)24(21(28-19)15(12-22)13-23)17-8-3-4-9-18(17)27-2/h3-11H,1-2H3. The van der Waals surface area contributed by atoms with Gasteiger partial charge in [-0.3, -0.25) is 9.36 Å². The smallest absolute Gasteiger partial charge is 0.273 e. The van der Waals surface area contributed by atoms with Gasteiger partial charge in [-0.25, -0.2) is 0 Å². The molecule has 1 heterocycles. The fourth-order valence-corrected chi connectivity index (χ4v) is 3.73. The van der Waals surface area contributed by atoms with Gasteiger partial charge in [-0.15, -0.1) is 11.3 Å². The van der Waals surface area contributed by atoms with E-state index in [1.807, 2.05) is 30.3 Å². The molecule has 7 heteroatoms. The van der Waals surface area contributed by atoms with Gasteiger partial charge in [0.2, 0.25) is 0 Å². The van der Waals surface area contributed by atoms with Crippen LogP contribution in [0.3, 0.4) is 0 Å². The van der Waals surface area contributed by atoms with Crippen molar-refractivity contribution in [2.75, 3.05) is 14.2 Å². The SMILES string of the molecule is COc1cccc(C=c2sc(=C(C#N)C#N)n(-c3ccccc3OC)c2=O)c1. The van der Waals surface area contributed by atoms with Crippen molar-refractivity contribution in [2.45, 2.75) is 0 Å². The summed E-state index contributed by atoms with van der Waals surface area (Å²) in [6.07, 6.45) is 1.71. The summed E-state index contributed by atoms with van der Waals surface area (Å²) in [5.41, 5.74) is 0.759. The number of nitriles is 2. The molecule has 0 radical (unpaired) electrons. The Hall–Kier alpha value is -3.81. The van der Waals surface area contributed by atoms with Crippen molar-refractivity contribution in [1.82, 2.24) is 4.57 Å². The Kier molecular flexibility index (Phi) is 5.59. The molecule has 0 unspecified atom stereocenters. The topological polar surface area (TPSA) is 88.0 Å². The van der Waals surface area contributed by atoms with E-state index in [1.165, 1.54) is 11.7 Å². The Labute approximate surface area is 165 Å². The first-order chi connectivity index (χ1) is 13.6. The highest BCUT2D eigenvalue weighted by atomic mass is 32.1. The molecule has 3 rings (SSSR count). The highest BCUT2D eigenvalue weighted by molar-refractivity contribution is 7.07. The summed E-state index contributed by atoms with van der Waals surface area (Å²) in [6, 6.07) is 18.0. The quantitative estimate of drug-likeness (QED) is 0.680. The molecule has 0 aliphatic carbocycles. The lowest BCUT2D eigenvalue weighted by Crippen LogP contribution is -2.31. The van der Waals surface area contributed by atoms with Gasteiger partial charge < -0.3 is 9.47 Å². The van der Waals surface area contributed by atoms with Gasteiger partial charge in [0, 0.05) is 0 Å². The van der Waals surface area contributed by atoms with Crippen LogP contribution in [0.5, 0.6) is 11.5 Å². The summed E-state index contributed by atoms with van der Waals surface area (Å²) >= 11 is 1.08. The number of hydrogen-bond acceptors (Lipinski definition) is 6. The Morgan fingerprint density at radius 2 is 1.82 bits per heavy atom. The van der Waals surface area contributed by atoms with Gasteiger partial charge in [0.05, 0.1) is 24.4 Å². The molecular weight excluding hydrogens is 374 g/mol. The minimum atomic E-state index is -0.338. The number of para-hydroxylation sites is 2. The van der Waals surface area contributed by atoms with Gasteiger partial charge in [0.1, 0.15) is 28.3 Å². The van der Waals surface area contributed by atoms with Crippen LogP contribution in [0.4, 0.5) is 0 Å². The van der Waals surface area contributed by atoms with Crippen molar-refractivity contribution in [3.63, 3.8) is 0 Å². The lowest BCUT2D eigenvalue weighted by Gasteiger charge is -2.08. The fraction of sp³-hybridized carbons (Fsp3) is 0.0952. The molecule has 0 N–H and O–H groups in total. The van der Waals surface area contributed by atoms with Crippen molar-refractivity contribution in [3.8, 4) is 29.3 Å². The maximum atomic E-state index is 13.2. The molecule has 1 aromatic heterocycles. The molecule has 3 aromatic rings. The molecule has 2 aromatic carbocycles. The summed E-state index contributed by atoms with van der Waals surface area (Å²) in [5, 5.41) is 18.7. The number of rotatable bonds is 4. The molecule has 0 saturated carbocycles. The van der Waals surface area contributed by atoms with Crippen molar-refractivity contribution < 1.29 is 9.47 Å². The minimum absolute atomic E-state index is 0.140. The molecule has 0 aliphatic rings. The van der Waals surface area contributed by atoms with E-state index in [2.05, 4.69) is 0 Å². The Balaban J connectivity index is 2.40. The average Bonchev–Trinajstić information content (AvgIpc) is 3.04. The van der Waals surface area contributed by atoms with Gasteiger partial charge >= 0.3 is 0 Å². The van der Waals surface area contributed by atoms with Crippen LogP contribution in [-0.4, -0.2) is 18.8 Å². The van der Waals surface area contributed by atoms with Crippen LogP contribution in [0, 0.1) is 22.7 Å². The zero-order chi connectivity index (χ0) is 20.1. The van der Waals surface area contributed by atoms with Gasteiger partial charge in [-0.1, -0.05) is 24.3 Å². The molecule has 0 spiro atoms. The van der Waals surface area contributed by atoms with E-state index in [0.717, 1.165) is 16.9 Å². The second-order valence-corrected chi connectivity index (χ2v) is 6.63. The van der Waals surface area contributed by atoms with Crippen LogP contribution in [0.25, 0.3) is 17.3 Å². The fourth-order valence-electron chi connectivity index (χ4n) is 2.69. The molecule has 0 atom stereocenters. The van der Waals surface area contributed by atoms with Crippen LogP contribution in [0.2, 0.25) is 0 Å². The number of hydrogen-bond donors (Lipinski definition) is 0. The van der Waals surface area contributed by atoms with E-state index in [1.54, 1.807) is 43.5 Å². The third kappa shape index (κ3) is 3.52. The molecular formula is C21H15N3O3S. The first kappa shape index (κ1) is 19.0. The Morgan fingerprint density at radius 1 is 1.07 bits per heavy atom. The number of aromatic nitrogens is 1. The summed E-state index contributed by atoms with van der Waals surface area (Å²) in [6.45, 7) is 0. The van der Waals surface area contributed by atoms with Crippen LogP contribution in [-0.2, 0) is 0 Å². The normalized spacial score (nSPS) is 10.8. The molecule has 28 heavy (non-hydrogen) atoms. The molecule has 0 bridgehead atoms. The van der Waals surface area contributed by atoms with Crippen molar-refractivity contribution in [2.24, 2.45) is 0 Å². The van der Waals surface area contributed by atoms with Gasteiger partial charge in [-0.2, -0.15) is 10.5 Å². The first-order valence-corrected chi connectivity index (χ1v) is 9.00. The Morgan fingerprint density at radius 3 is 2.50 bits per heavy atom. The molecule has 6 nitrogen and oxygen atoms in total. The lowest BCUT2D eigenvalue weighted by molar-refractivity contribution is 0.412. The first-order valence-electron chi connectivity index (χ1n) is 8.18. The number of thiazole rings is 1. The van der Waals surface area contributed by atoms with E-state index in [9.17, 15) is 15.3 Å². The molecule has 138 valence electrons. The number of methoxy groups -OCH3 is 2. The molecule has 0 fully saturated rings. The monoisotopic (exact) mass is 389 g/mol. The van der Waals surface area contributed by atoms with Gasteiger partial charge in [0.25, 0.3) is 5.56 Å². The lowest BCUT2D eigenvalue weighted by atomic mass is 10.2. The van der Waals surface area contributed by atoms with E-state index in [-0.39, 0.29) is 15.8 Å². The molecule has 0 aliphatic heterocycles. The second kappa shape index (κ2) is 8.26. The molecule has 0 amide bonds. The second-order valence-electron chi connectivity index (χ2n) is 5.60. The van der Waals surface area contributed by atoms with Crippen molar-refractivity contribution in [3.05, 3.63) is 73.6 Å². The van der Waals surface area contributed by atoms with Gasteiger partial charge in [-0.05, 0) is 35.9 Å². The van der Waals surface area contributed by atoms with E-state index in [0.29, 0.717) is 21.7 Å². The highest BCUT2D eigenvalue weighted by Gasteiger charge is 2.14. The predicted molar refractivity (Wildman–Crippen MR) is 107 cm³/mol. The summed E-state index contributed by atoms with van der Waals surface area (Å²) in [4.78, 5) is 13.2. The Bertz CT molecular complexity index is 1270. The van der Waals surface area contributed by atoms with E-state index >= 15 is 0 Å². The van der Waals surface area contributed by atoms with Crippen molar-refractivity contribution >= 4 is 23.0 Å². The summed E-state index contributed by atoms with van der Waals surface area (Å²) < 4.78 is 12.6. The number of benzene rings is 2. The van der Waals surface area contributed by atoms with Crippen LogP contribution in [0.1, 0.15) is 5.56 Å². The average molecular weight is 389 g/mol. The highest BCUT2D eigenvalue weighted by Crippen LogP contribution is 2.19. The van der Waals surface area contributed by atoms with E-state index in [4.69, 9.17) is 9.47 Å². The summed E-state index contributed by atoms with van der Waals surface area (Å²) in [5.74, 6) is 1.13. The van der Waals surface area contributed by atoms with Crippen LogP contribution >= 0.6 is 11.3 Å². The predicted octanol–water partition coefficient (Wildman–Crippen LogP) is 1.94. The maximum absolute atomic E-state index is 13.2. The third-order valence-corrected chi connectivity index (χ3v) is 5.07. The number of nitrogens with zero attached hydrogens (tertiary/aromatic N) is 3. The van der Waals surface area contributed by atoms with Gasteiger partial charge in [0.15, 0.2) is 5.57 Å².